The van der Waals surface area contributed by atoms with Crippen molar-refractivity contribution in [3.63, 3.8) is 0 Å². The Bertz CT molecular complexity index is 839. The molecule has 0 aliphatic carbocycles. The van der Waals surface area contributed by atoms with Crippen molar-refractivity contribution in [2.24, 2.45) is 0 Å². The molecule has 6 heteroatoms. The highest BCUT2D eigenvalue weighted by molar-refractivity contribution is 7.88. The van der Waals surface area contributed by atoms with Gasteiger partial charge in [0.2, 0.25) is 10.0 Å². The van der Waals surface area contributed by atoms with Gasteiger partial charge in [0.1, 0.15) is 5.75 Å². The Morgan fingerprint density at radius 3 is 2.26 bits per heavy atom. The lowest BCUT2D eigenvalue weighted by Gasteiger charge is -2.38. The fourth-order valence-electron chi connectivity index (χ4n) is 3.48. The number of benzene rings is 2. The monoisotopic (exact) mass is 389 g/mol. The molecule has 27 heavy (non-hydrogen) atoms. The number of ether oxygens (including phenoxy) is 2. The van der Waals surface area contributed by atoms with Gasteiger partial charge in [-0.1, -0.05) is 42.0 Å². The van der Waals surface area contributed by atoms with Crippen molar-refractivity contribution in [1.29, 1.82) is 0 Å². The summed E-state index contributed by atoms with van der Waals surface area (Å²) in [6.07, 6.45) is 1.57. The summed E-state index contributed by atoms with van der Waals surface area (Å²) < 4.78 is 38.9. The minimum Gasteiger partial charge on any atom is -0.497 e. The van der Waals surface area contributed by atoms with Crippen LogP contribution in [-0.2, 0) is 25.9 Å². The van der Waals surface area contributed by atoms with Crippen LogP contribution in [0, 0.1) is 6.92 Å². The fourth-order valence-corrected chi connectivity index (χ4v) is 4.71. The van der Waals surface area contributed by atoms with Gasteiger partial charge in [-0.3, -0.25) is 0 Å². The van der Waals surface area contributed by atoms with Gasteiger partial charge in [-0.15, -0.1) is 0 Å². The molecule has 1 aliphatic heterocycles. The zero-order valence-electron chi connectivity index (χ0n) is 15.9. The van der Waals surface area contributed by atoms with E-state index in [4.69, 9.17) is 9.47 Å². The Morgan fingerprint density at radius 1 is 1.04 bits per heavy atom. The van der Waals surface area contributed by atoms with Gasteiger partial charge in [0.25, 0.3) is 0 Å². The molecule has 0 spiro atoms. The average Bonchev–Trinajstić information content (AvgIpc) is 2.69. The third-order valence-corrected chi connectivity index (χ3v) is 6.56. The van der Waals surface area contributed by atoms with E-state index in [-0.39, 0.29) is 11.2 Å². The molecule has 2 aromatic rings. The van der Waals surface area contributed by atoms with Gasteiger partial charge < -0.3 is 9.47 Å². The molecule has 0 saturated carbocycles. The van der Waals surface area contributed by atoms with Crippen molar-refractivity contribution in [3.05, 3.63) is 65.2 Å². The summed E-state index contributed by atoms with van der Waals surface area (Å²) in [7, 11) is -1.78. The van der Waals surface area contributed by atoms with Crippen LogP contribution in [0.5, 0.6) is 5.75 Å². The van der Waals surface area contributed by atoms with E-state index in [1.807, 2.05) is 55.5 Å². The zero-order valence-corrected chi connectivity index (χ0v) is 16.7. The molecule has 1 N–H and O–H groups in total. The number of aryl methyl sites for hydroxylation is 1. The highest BCUT2D eigenvalue weighted by atomic mass is 32.2. The third-order valence-electron chi connectivity index (χ3n) is 5.26. The van der Waals surface area contributed by atoms with Gasteiger partial charge >= 0.3 is 0 Å². The minimum atomic E-state index is -3.42. The first-order valence-corrected chi connectivity index (χ1v) is 10.8. The summed E-state index contributed by atoms with van der Waals surface area (Å²) in [4.78, 5) is 0. The molecule has 0 amide bonds. The Labute approximate surface area is 161 Å². The van der Waals surface area contributed by atoms with E-state index in [1.165, 1.54) is 0 Å². The topological polar surface area (TPSA) is 64.6 Å². The molecule has 0 atom stereocenters. The maximum Gasteiger partial charge on any atom is 0.215 e. The Morgan fingerprint density at radius 2 is 1.67 bits per heavy atom. The van der Waals surface area contributed by atoms with Crippen LogP contribution in [-0.4, -0.2) is 35.3 Å². The number of nitrogens with one attached hydrogen (secondary N) is 1. The van der Waals surface area contributed by atoms with Crippen LogP contribution in [0.2, 0.25) is 0 Å². The van der Waals surface area contributed by atoms with Crippen LogP contribution in [0.3, 0.4) is 0 Å². The number of methoxy groups -OCH3 is 1. The summed E-state index contributed by atoms with van der Waals surface area (Å²) in [6, 6.07) is 15.5. The van der Waals surface area contributed by atoms with Crippen LogP contribution < -0.4 is 9.46 Å². The minimum absolute atomic E-state index is 0.0114. The maximum atomic E-state index is 12.6. The molecule has 1 aliphatic rings. The first-order chi connectivity index (χ1) is 12.9. The van der Waals surface area contributed by atoms with Gasteiger partial charge in [0, 0.05) is 25.2 Å². The maximum absolute atomic E-state index is 12.6. The Hall–Kier alpha value is -1.89. The summed E-state index contributed by atoms with van der Waals surface area (Å²) in [5.74, 6) is 0.781. The second-order valence-electron chi connectivity index (χ2n) is 7.19. The molecule has 3 rings (SSSR count). The number of hydrogen-bond donors (Lipinski definition) is 1. The van der Waals surface area contributed by atoms with E-state index in [0.29, 0.717) is 19.8 Å². The second kappa shape index (κ2) is 8.42. The molecule has 0 unspecified atom stereocenters. The van der Waals surface area contributed by atoms with E-state index in [2.05, 4.69) is 4.72 Å². The first kappa shape index (κ1) is 19.9. The van der Waals surface area contributed by atoms with E-state index >= 15 is 0 Å². The van der Waals surface area contributed by atoms with Crippen molar-refractivity contribution in [2.75, 3.05) is 26.9 Å². The van der Waals surface area contributed by atoms with Gasteiger partial charge in [0.05, 0.1) is 12.9 Å². The number of hydrogen-bond acceptors (Lipinski definition) is 4. The molecule has 146 valence electrons. The predicted molar refractivity (Wildman–Crippen MR) is 107 cm³/mol. The molecule has 1 heterocycles. The molecule has 0 radical (unpaired) electrons. The zero-order chi connectivity index (χ0) is 19.3. The van der Waals surface area contributed by atoms with Gasteiger partial charge in [-0.05, 0) is 43.0 Å². The molecule has 1 saturated heterocycles. The number of sulfonamides is 1. The van der Waals surface area contributed by atoms with Gasteiger partial charge in [0.15, 0.2) is 0 Å². The van der Waals surface area contributed by atoms with Crippen molar-refractivity contribution >= 4 is 10.0 Å². The lowest BCUT2D eigenvalue weighted by molar-refractivity contribution is 0.0517. The van der Waals surface area contributed by atoms with Gasteiger partial charge in [-0.2, -0.15) is 0 Å². The quantitative estimate of drug-likeness (QED) is 0.790. The average molecular weight is 390 g/mol. The summed E-state index contributed by atoms with van der Waals surface area (Å²) in [5, 5.41) is 0. The molecule has 2 aromatic carbocycles. The van der Waals surface area contributed by atoms with Crippen molar-refractivity contribution in [3.8, 4) is 5.75 Å². The lowest BCUT2D eigenvalue weighted by atomic mass is 9.74. The van der Waals surface area contributed by atoms with E-state index in [9.17, 15) is 8.42 Å². The predicted octanol–water partition coefficient (Wildman–Crippen LogP) is 3.17. The van der Waals surface area contributed by atoms with Crippen molar-refractivity contribution < 1.29 is 17.9 Å². The second-order valence-corrected chi connectivity index (χ2v) is 8.99. The number of rotatable bonds is 7. The largest absolute Gasteiger partial charge is 0.497 e. The summed E-state index contributed by atoms with van der Waals surface area (Å²) in [6.45, 7) is 3.62. The van der Waals surface area contributed by atoms with Crippen LogP contribution in [0.4, 0.5) is 0 Å². The van der Waals surface area contributed by atoms with E-state index < -0.39 is 10.0 Å². The van der Waals surface area contributed by atoms with Crippen LogP contribution in [0.15, 0.2) is 48.5 Å². The van der Waals surface area contributed by atoms with Crippen LogP contribution >= 0.6 is 0 Å². The first-order valence-electron chi connectivity index (χ1n) is 9.18. The van der Waals surface area contributed by atoms with Crippen LogP contribution in [0.25, 0.3) is 0 Å². The molecule has 0 bridgehead atoms. The highest BCUT2D eigenvalue weighted by Gasteiger charge is 2.35. The Kier molecular flexibility index (Phi) is 6.19. The molecular formula is C21H27NO4S. The molecule has 1 fully saturated rings. The Balaban J connectivity index is 1.75. The molecule has 0 aromatic heterocycles. The molecule has 5 nitrogen and oxygen atoms in total. The SMILES string of the molecule is COc1ccc(C2(CNS(=O)(=O)Cc3ccc(C)cc3)CCOCC2)cc1. The van der Waals surface area contributed by atoms with E-state index in [1.54, 1.807) is 7.11 Å². The standard InChI is InChI=1S/C21H27NO4S/c1-17-3-5-18(6-4-17)15-27(23,24)22-16-21(11-13-26-14-12-21)19-7-9-20(25-2)10-8-19/h3-10,22H,11-16H2,1-2H3. The molecular weight excluding hydrogens is 362 g/mol. The summed E-state index contributed by atoms with van der Waals surface area (Å²) in [5.41, 5.74) is 2.76. The highest BCUT2D eigenvalue weighted by Crippen LogP contribution is 2.35. The lowest BCUT2D eigenvalue weighted by Crippen LogP contribution is -2.44. The smallest absolute Gasteiger partial charge is 0.215 e. The third kappa shape index (κ3) is 5.09. The van der Waals surface area contributed by atoms with Crippen LogP contribution in [0.1, 0.15) is 29.5 Å². The van der Waals surface area contributed by atoms with Crippen molar-refractivity contribution in [1.82, 2.24) is 4.72 Å². The van der Waals surface area contributed by atoms with Gasteiger partial charge in [-0.25, -0.2) is 13.1 Å². The van der Waals surface area contributed by atoms with Crippen molar-refractivity contribution in [2.45, 2.75) is 30.9 Å². The normalized spacial score (nSPS) is 16.8. The van der Waals surface area contributed by atoms with E-state index in [0.717, 1.165) is 35.3 Å². The fraction of sp³-hybridized carbons (Fsp3) is 0.429. The summed E-state index contributed by atoms with van der Waals surface area (Å²) >= 11 is 0.